The van der Waals surface area contributed by atoms with Crippen molar-refractivity contribution >= 4 is 11.6 Å². The van der Waals surface area contributed by atoms with Crippen molar-refractivity contribution in [3.63, 3.8) is 0 Å². The summed E-state index contributed by atoms with van der Waals surface area (Å²) in [7, 11) is 1.70. The second-order valence-electron chi connectivity index (χ2n) is 4.60. The average Bonchev–Trinajstić information content (AvgIpc) is 2.55. The third-order valence-corrected chi connectivity index (χ3v) is 3.20. The molecule has 0 aliphatic carbocycles. The minimum Gasteiger partial charge on any atom is -0.315 e. The highest BCUT2D eigenvalue weighted by Gasteiger charge is 2.11. The Hall–Kier alpha value is -3.11. The van der Waals surface area contributed by atoms with Crippen LogP contribution in [0, 0.1) is 22.7 Å². The van der Waals surface area contributed by atoms with Gasteiger partial charge in [-0.25, -0.2) is 0 Å². The molecule has 0 N–H and O–H groups in total. The molecule has 0 heterocycles. The molecule has 0 radical (unpaired) electrons. The van der Waals surface area contributed by atoms with Crippen molar-refractivity contribution < 1.29 is 4.79 Å². The number of likely N-dealkylation sites (N-methyl/N-ethyl adjacent to an activating group) is 1. The Morgan fingerprint density at radius 2 is 1.43 bits per heavy atom. The number of anilines is 1. The SMILES string of the molecule is CN(C(=O)Cc1ccc(C#N)cc1)c1ccc(C#N)cc1. The predicted octanol–water partition coefficient (Wildman–Crippen LogP) is 2.64. The van der Waals surface area contributed by atoms with Crippen LogP contribution in [0.5, 0.6) is 0 Å². The molecule has 0 spiro atoms. The van der Waals surface area contributed by atoms with E-state index in [9.17, 15) is 4.79 Å². The normalized spacial score (nSPS) is 9.48. The summed E-state index contributed by atoms with van der Waals surface area (Å²) < 4.78 is 0. The molecule has 2 rings (SSSR count). The zero-order valence-corrected chi connectivity index (χ0v) is 11.6. The van der Waals surface area contributed by atoms with Gasteiger partial charge in [0.15, 0.2) is 0 Å². The van der Waals surface area contributed by atoms with E-state index in [1.807, 2.05) is 12.1 Å². The molecule has 0 fully saturated rings. The van der Waals surface area contributed by atoms with Gasteiger partial charge in [-0.2, -0.15) is 10.5 Å². The number of hydrogen-bond donors (Lipinski definition) is 0. The second-order valence-corrected chi connectivity index (χ2v) is 4.60. The van der Waals surface area contributed by atoms with Gasteiger partial charge in [0.05, 0.1) is 29.7 Å². The van der Waals surface area contributed by atoms with Crippen molar-refractivity contribution in [1.29, 1.82) is 10.5 Å². The van der Waals surface area contributed by atoms with E-state index >= 15 is 0 Å². The summed E-state index contributed by atoms with van der Waals surface area (Å²) in [5.74, 6) is -0.0515. The van der Waals surface area contributed by atoms with Crippen LogP contribution < -0.4 is 4.90 Å². The molecule has 0 aliphatic heterocycles. The number of carbonyl (C=O) groups excluding carboxylic acids is 1. The topological polar surface area (TPSA) is 67.9 Å². The van der Waals surface area contributed by atoms with Crippen LogP contribution in [0.3, 0.4) is 0 Å². The second kappa shape index (κ2) is 6.36. The number of nitriles is 2. The van der Waals surface area contributed by atoms with Gasteiger partial charge < -0.3 is 4.90 Å². The molecule has 21 heavy (non-hydrogen) atoms. The molecule has 0 saturated carbocycles. The lowest BCUT2D eigenvalue weighted by Gasteiger charge is -2.17. The summed E-state index contributed by atoms with van der Waals surface area (Å²) in [4.78, 5) is 13.8. The fourth-order valence-corrected chi connectivity index (χ4v) is 1.89. The molecule has 0 aliphatic rings. The molecule has 1 amide bonds. The summed E-state index contributed by atoms with van der Waals surface area (Å²) in [6.45, 7) is 0. The van der Waals surface area contributed by atoms with Gasteiger partial charge in [-0.1, -0.05) is 12.1 Å². The number of nitrogens with zero attached hydrogens (tertiary/aromatic N) is 3. The molecule has 0 saturated heterocycles. The third-order valence-electron chi connectivity index (χ3n) is 3.20. The first-order valence-corrected chi connectivity index (χ1v) is 6.40. The minimum absolute atomic E-state index is 0.0515. The largest absolute Gasteiger partial charge is 0.315 e. The van der Waals surface area contributed by atoms with Crippen LogP contribution >= 0.6 is 0 Å². The van der Waals surface area contributed by atoms with E-state index < -0.39 is 0 Å². The Morgan fingerprint density at radius 1 is 0.952 bits per heavy atom. The van der Waals surface area contributed by atoms with Crippen molar-refractivity contribution in [2.45, 2.75) is 6.42 Å². The van der Waals surface area contributed by atoms with Crippen LogP contribution in [0.15, 0.2) is 48.5 Å². The molecule has 0 aromatic heterocycles. The highest BCUT2D eigenvalue weighted by atomic mass is 16.2. The molecular weight excluding hydrogens is 262 g/mol. The minimum atomic E-state index is -0.0515. The highest BCUT2D eigenvalue weighted by Crippen LogP contribution is 2.15. The molecule has 2 aromatic rings. The van der Waals surface area contributed by atoms with Crippen LogP contribution in [-0.4, -0.2) is 13.0 Å². The fourth-order valence-electron chi connectivity index (χ4n) is 1.89. The van der Waals surface area contributed by atoms with Crippen LogP contribution in [0.1, 0.15) is 16.7 Å². The highest BCUT2D eigenvalue weighted by molar-refractivity contribution is 5.94. The van der Waals surface area contributed by atoms with Gasteiger partial charge in [0.2, 0.25) is 5.91 Å². The van der Waals surface area contributed by atoms with E-state index in [2.05, 4.69) is 0 Å². The van der Waals surface area contributed by atoms with Gasteiger partial charge >= 0.3 is 0 Å². The molecule has 4 nitrogen and oxygen atoms in total. The summed E-state index contributed by atoms with van der Waals surface area (Å²) in [6.07, 6.45) is 0.266. The van der Waals surface area contributed by atoms with E-state index in [4.69, 9.17) is 10.5 Å². The van der Waals surface area contributed by atoms with Gasteiger partial charge in [-0.15, -0.1) is 0 Å². The first kappa shape index (κ1) is 14.3. The Bertz CT molecular complexity index is 719. The fraction of sp³-hybridized carbons (Fsp3) is 0.118. The van der Waals surface area contributed by atoms with E-state index in [-0.39, 0.29) is 12.3 Å². The monoisotopic (exact) mass is 275 g/mol. The van der Waals surface area contributed by atoms with Gasteiger partial charge in [-0.05, 0) is 42.0 Å². The molecular formula is C17H13N3O. The van der Waals surface area contributed by atoms with Crippen molar-refractivity contribution in [1.82, 2.24) is 0 Å². The number of benzene rings is 2. The maximum atomic E-state index is 12.2. The molecule has 0 unspecified atom stereocenters. The van der Waals surface area contributed by atoms with Crippen molar-refractivity contribution in [2.75, 3.05) is 11.9 Å². The molecule has 0 bridgehead atoms. The van der Waals surface area contributed by atoms with E-state index in [1.165, 1.54) is 0 Å². The van der Waals surface area contributed by atoms with Gasteiger partial charge in [-0.3, -0.25) is 4.79 Å². The first-order chi connectivity index (χ1) is 10.1. The predicted molar refractivity (Wildman–Crippen MR) is 79.4 cm³/mol. The average molecular weight is 275 g/mol. The Balaban J connectivity index is 2.08. The summed E-state index contributed by atoms with van der Waals surface area (Å²) in [6, 6.07) is 17.9. The third kappa shape index (κ3) is 3.46. The first-order valence-electron chi connectivity index (χ1n) is 6.40. The summed E-state index contributed by atoms with van der Waals surface area (Å²) >= 11 is 0. The number of amides is 1. The van der Waals surface area contributed by atoms with Gasteiger partial charge in [0.25, 0.3) is 0 Å². The lowest BCUT2D eigenvalue weighted by molar-refractivity contribution is -0.117. The zero-order valence-electron chi connectivity index (χ0n) is 11.6. The number of hydrogen-bond acceptors (Lipinski definition) is 3. The summed E-state index contributed by atoms with van der Waals surface area (Å²) in [5.41, 5.74) is 2.74. The molecule has 2 aromatic carbocycles. The van der Waals surface area contributed by atoms with Gasteiger partial charge in [0, 0.05) is 12.7 Å². The maximum absolute atomic E-state index is 12.2. The molecule has 102 valence electrons. The number of carbonyl (C=O) groups is 1. The zero-order chi connectivity index (χ0) is 15.2. The Morgan fingerprint density at radius 3 is 1.90 bits per heavy atom. The quantitative estimate of drug-likeness (QED) is 0.864. The van der Waals surface area contributed by atoms with Crippen LogP contribution in [0.4, 0.5) is 5.69 Å². The lowest BCUT2D eigenvalue weighted by atomic mass is 10.1. The number of rotatable bonds is 3. The maximum Gasteiger partial charge on any atom is 0.231 e. The van der Waals surface area contributed by atoms with Crippen molar-refractivity contribution in [3.05, 3.63) is 65.2 Å². The van der Waals surface area contributed by atoms with Crippen molar-refractivity contribution in [3.8, 4) is 12.1 Å². The van der Waals surface area contributed by atoms with Crippen LogP contribution in [0.2, 0.25) is 0 Å². The Labute approximate surface area is 123 Å². The van der Waals surface area contributed by atoms with E-state index in [0.717, 1.165) is 11.3 Å². The van der Waals surface area contributed by atoms with E-state index in [1.54, 1.807) is 60.5 Å². The van der Waals surface area contributed by atoms with Crippen LogP contribution in [-0.2, 0) is 11.2 Å². The van der Waals surface area contributed by atoms with E-state index in [0.29, 0.717) is 11.1 Å². The molecule has 4 heteroatoms. The van der Waals surface area contributed by atoms with Gasteiger partial charge in [0.1, 0.15) is 0 Å². The molecule has 0 atom stereocenters. The Kier molecular flexibility index (Phi) is 4.33. The standard InChI is InChI=1S/C17H13N3O/c1-20(16-8-6-15(12-19)7-9-16)17(21)10-13-2-4-14(11-18)5-3-13/h2-9H,10H2,1H3. The van der Waals surface area contributed by atoms with Crippen molar-refractivity contribution in [2.24, 2.45) is 0 Å². The van der Waals surface area contributed by atoms with Crippen LogP contribution in [0.25, 0.3) is 0 Å². The lowest BCUT2D eigenvalue weighted by Crippen LogP contribution is -2.27. The summed E-state index contributed by atoms with van der Waals surface area (Å²) in [5, 5.41) is 17.5. The smallest absolute Gasteiger partial charge is 0.231 e.